The molecule has 4 nitrogen and oxygen atoms in total. The molecule has 0 rings (SSSR count). The van der Waals surface area contributed by atoms with Crippen molar-refractivity contribution in [1.82, 2.24) is 10.6 Å². The Kier molecular flexibility index (Phi) is 7.39. The summed E-state index contributed by atoms with van der Waals surface area (Å²) < 4.78 is 0. The molecule has 2 unspecified atom stereocenters. The Bertz CT molecular complexity index is 231. The van der Waals surface area contributed by atoms with Gasteiger partial charge >= 0.3 is 0 Å². The van der Waals surface area contributed by atoms with Crippen LogP contribution in [0.15, 0.2) is 0 Å². The van der Waals surface area contributed by atoms with E-state index in [-0.39, 0.29) is 24.1 Å². The Labute approximate surface area is 105 Å². The SMILES string of the molecule is CCC(C)(CCO)NC(C)C(=O)NCC(C)C. The normalized spacial score (nSPS) is 16.6. The summed E-state index contributed by atoms with van der Waals surface area (Å²) in [7, 11) is 0. The average molecular weight is 244 g/mol. The number of carbonyl (C=O) groups is 1. The topological polar surface area (TPSA) is 61.4 Å². The lowest BCUT2D eigenvalue weighted by molar-refractivity contribution is -0.123. The first-order chi connectivity index (χ1) is 7.84. The molecule has 17 heavy (non-hydrogen) atoms. The fourth-order valence-corrected chi connectivity index (χ4v) is 1.64. The minimum atomic E-state index is -0.231. The smallest absolute Gasteiger partial charge is 0.236 e. The van der Waals surface area contributed by atoms with Gasteiger partial charge in [-0.25, -0.2) is 0 Å². The number of hydrogen-bond donors (Lipinski definition) is 3. The molecule has 0 heterocycles. The minimum Gasteiger partial charge on any atom is -0.396 e. The second-order valence-corrected chi connectivity index (χ2v) is 5.39. The summed E-state index contributed by atoms with van der Waals surface area (Å²) in [5, 5.41) is 15.2. The zero-order valence-corrected chi connectivity index (χ0v) is 11.8. The zero-order chi connectivity index (χ0) is 13.5. The van der Waals surface area contributed by atoms with Gasteiger partial charge in [-0.3, -0.25) is 4.79 Å². The van der Waals surface area contributed by atoms with E-state index in [0.717, 1.165) is 6.42 Å². The van der Waals surface area contributed by atoms with E-state index in [1.165, 1.54) is 0 Å². The Balaban J connectivity index is 4.21. The van der Waals surface area contributed by atoms with Crippen LogP contribution in [-0.4, -0.2) is 35.7 Å². The van der Waals surface area contributed by atoms with Crippen molar-refractivity contribution < 1.29 is 9.90 Å². The van der Waals surface area contributed by atoms with Crippen LogP contribution < -0.4 is 10.6 Å². The van der Waals surface area contributed by atoms with Crippen LogP contribution in [0, 0.1) is 5.92 Å². The highest BCUT2D eigenvalue weighted by Gasteiger charge is 2.25. The molecular formula is C13H28N2O2. The maximum absolute atomic E-state index is 11.8. The number of hydrogen-bond acceptors (Lipinski definition) is 3. The van der Waals surface area contributed by atoms with E-state index >= 15 is 0 Å². The molecule has 2 atom stereocenters. The molecule has 0 saturated carbocycles. The summed E-state index contributed by atoms with van der Waals surface area (Å²) in [4.78, 5) is 11.8. The van der Waals surface area contributed by atoms with Crippen molar-refractivity contribution in [2.75, 3.05) is 13.2 Å². The van der Waals surface area contributed by atoms with E-state index in [1.54, 1.807) is 0 Å². The molecule has 0 saturated heterocycles. The quantitative estimate of drug-likeness (QED) is 0.603. The summed E-state index contributed by atoms with van der Waals surface area (Å²) in [5.41, 5.74) is -0.177. The summed E-state index contributed by atoms with van der Waals surface area (Å²) in [6, 6.07) is -0.231. The third-order valence-electron chi connectivity index (χ3n) is 3.09. The monoisotopic (exact) mass is 244 g/mol. The number of aliphatic hydroxyl groups excluding tert-OH is 1. The fraction of sp³-hybridized carbons (Fsp3) is 0.923. The molecule has 0 radical (unpaired) electrons. The summed E-state index contributed by atoms with van der Waals surface area (Å²) in [6.45, 7) is 10.9. The van der Waals surface area contributed by atoms with E-state index in [9.17, 15) is 4.79 Å². The predicted molar refractivity (Wildman–Crippen MR) is 70.8 cm³/mol. The largest absolute Gasteiger partial charge is 0.396 e. The maximum Gasteiger partial charge on any atom is 0.236 e. The Morgan fingerprint density at radius 3 is 2.35 bits per heavy atom. The molecule has 102 valence electrons. The highest BCUT2D eigenvalue weighted by Crippen LogP contribution is 2.14. The van der Waals surface area contributed by atoms with E-state index in [0.29, 0.717) is 18.9 Å². The van der Waals surface area contributed by atoms with E-state index < -0.39 is 0 Å². The van der Waals surface area contributed by atoms with Crippen molar-refractivity contribution in [2.45, 2.75) is 59.0 Å². The van der Waals surface area contributed by atoms with Crippen LogP contribution in [0.1, 0.15) is 47.5 Å². The first kappa shape index (κ1) is 16.4. The second kappa shape index (κ2) is 7.67. The fourth-order valence-electron chi connectivity index (χ4n) is 1.64. The van der Waals surface area contributed by atoms with E-state index in [1.807, 2.05) is 13.8 Å². The van der Waals surface area contributed by atoms with Gasteiger partial charge in [0.05, 0.1) is 6.04 Å². The van der Waals surface area contributed by atoms with Crippen LogP contribution in [0.2, 0.25) is 0 Å². The summed E-state index contributed by atoms with van der Waals surface area (Å²) in [5.74, 6) is 0.484. The molecule has 3 N–H and O–H groups in total. The summed E-state index contributed by atoms with van der Waals surface area (Å²) in [6.07, 6.45) is 1.54. The molecule has 0 bridgehead atoms. The second-order valence-electron chi connectivity index (χ2n) is 5.39. The van der Waals surface area contributed by atoms with E-state index in [4.69, 9.17) is 5.11 Å². The van der Waals surface area contributed by atoms with Gasteiger partial charge in [-0.15, -0.1) is 0 Å². The van der Waals surface area contributed by atoms with Crippen LogP contribution in [0.25, 0.3) is 0 Å². The van der Waals surface area contributed by atoms with Crippen LogP contribution in [0.3, 0.4) is 0 Å². The Hall–Kier alpha value is -0.610. The molecule has 0 aromatic rings. The lowest BCUT2D eigenvalue weighted by Gasteiger charge is -2.32. The molecule has 0 aromatic carbocycles. The van der Waals surface area contributed by atoms with Crippen LogP contribution >= 0.6 is 0 Å². The Morgan fingerprint density at radius 2 is 1.94 bits per heavy atom. The Morgan fingerprint density at radius 1 is 1.35 bits per heavy atom. The third kappa shape index (κ3) is 6.64. The molecule has 0 fully saturated rings. The number of rotatable bonds is 8. The van der Waals surface area contributed by atoms with Gasteiger partial charge in [0.15, 0.2) is 0 Å². The van der Waals surface area contributed by atoms with Gasteiger partial charge in [0.1, 0.15) is 0 Å². The molecule has 0 aromatic heterocycles. The van der Waals surface area contributed by atoms with Crippen LogP contribution in [0.5, 0.6) is 0 Å². The van der Waals surface area contributed by atoms with Crippen molar-refractivity contribution >= 4 is 5.91 Å². The van der Waals surface area contributed by atoms with Crippen LogP contribution in [0.4, 0.5) is 0 Å². The molecular weight excluding hydrogens is 216 g/mol. The number of aliphatic hydroxyl groups is 1. The highest BCUT2D eigenvalue weighted by molar-refractivity contribution is 5.81. The van der Waals surface area contributed by atoms with E-state index in [2.05, 4.69) is 31.4 Å². The highest BCUT2D eigenvalue weighted by atomic mass is 16.3. The third-order valence-corrected chi connectivity index (χ3v) is 3.09. The molecule has 0 aliphatic carbocycles. The molecule has 0 spiro atoms. The lowest BCUT2D eigenvalue weighted by Crippen LogP contribution is -2.53. The maximum atomic E-state index is 11.8. The zero-order valence-electron chi connectivity index (χ0n) is 11.8. The van der Waals surface area contributed by atoms with Gasteiger partial charge in [-0.2, -0.15) is 0 Å². The van der Waals surface area contributed by atoms with Crippen LogP contribution in [-0.2, 0) is 4.79 Å². The van der Waals surface area contributed by atoms with Gasteiger partial charge in [0.25, 0.3) is 0 Å². The number of nitrogens with one attached hydrogen (secondary N) is 2. The first-order valence-electron chi connectivity index (χ1n) is 6.51. The molecule has 0 aliphatic rings. The van der Waals surface area contributed by atoms with Crippen molar-refractivity contribution in [2.24, 2.45) is 5.92 Å². The van der Waals surface area contributed by atoms with Crippen molar-refractivity contribution in [1.29, 1.82) is 0 Å². The van der Waals surface area contributed by atoms with Crippen molar-refractivity contribution in [3.8, 4) is 0 Å². The standard InChI is InChI=1S/C13H28N2O2/c1-6-13(5,7-8-16)15-11(4)12(17)14-9-10(2)3/h10-11,15-16H,6-9H2,1-5H3,(H,14,17). The van der Waals surface area contributed by atoms with Gasteiger partial charge in [0, 0.05) is 18.7 Å². The number of amides is 1. The van der Waals surface area contributed by atoms with Crippen molar-refractivity contribution in [3.05, 3.63) is 0 Å². The average Bonchev–Trinajstić information content (AvgIpc) is 2.25. The van der Waals surface area contributed by atoms with Gasteiger partial charge < -0.3 is 15.7 Å². The number of carbonyl (C=O) groups excluding carboxylic acids is 1. The van der Waals surface area contributed by atoms with Gasteiger partial charge in [0.2, 0.25) is 5.91 Å². The molecule has 4 heteroatoms. The van der Waals surface area contributed by atoms with Gasteiger partial charge in [-0.05, 0) is 32.6 Å². The lowest BCUT2D eigenvalue weighted by atomic mass is 9.94. The molecule has 1 amide bonds. The van der Waals surface area contributed by atoms with Crippen molar-refractivity contribution in [3.63, 3.8) is 0 Å². The van der Waals surface area contributed by atoms with Gasteiger partial charge in [-0.1, -0.05) is 20.8 Å². The minimum absolute atomic E-state index is 0.0244. The molecule has 0 aliphatic heterocycles. The first-order valence-corrected chi connectivity index (χ1v) is 6.51. The summed E-state index contributed by atoms with van der Waals surface area (Å²) >= 11 is 0. The predicted octanol–water partition coefficient (Wildman–Crippen LogP) is 1.29.